The maximum Gasteiger partial charge on any atom is 0.323 e. The number of aliphatic carboxylic acids is 1. The lowest BCUT2D eigenvalue weighted by Crippen LogP contribution is -2.16. The topological polar surface area (TPSA) is 59.3 Å². The van der Waals surface area contributed by atoms with E-state index in [1.54, 1.807) is 35.8 Å². The van der Waals surface area contributed by atoms with Gasteiger partial charge in [-0.25, -0.2) is 0 Å². The van der Waals surface area contributed by atoms with Crippen LogP contribution in [-0.4, -0.2) is 15.6 Å². The summed E-state index contributed by atoms with van der Waals surface area (Å²) >= 11 is 0. The van der Waals surface area contributed by atoms with E-state index >= 15 is 0 Å². The van der Waals surface area contributed by atoms with Crippen LogP contribution in [0.4, 0.5) is 0 Å². The van der Waals surface area contributed by atoms with Crippen molar-refractivity contribution in [2.24, 2.45) is 0 Å². The van der Waals surface area contributed by atoms with Gasteiger partial charge in [-0.05, 0) is 19.1 Å². The Kier molecular flexibility index (Phi) is 2.48. The van der Waals surface area contributed by atoms with Gasteiger partial charge in [0.1, 0.15) is 6.54 Å². The molecule has 2 rings (SSSR count). The highest BCUT2D eigenvalue weighted by atomic mass is 16.4. The Morgan fingerprint density at radius 3 is 2.75 bits per heavy atom. The smallest absolute Gasteiger partial charge is 0.323 e. The van der Waals surface area contributed by atoms with Crippen molar-refractivity contribution < 1.29 is 9.90 Å². The quantitative estimate of drug-likeness (QED) is 0.827. The van der Waals surface area contributed by atoms with E-state index in [0.717, 1.165) is 0 Å². The molecule has 1 aromatic heterocycles. The Bertz CT molecular complexity index is 613. The van der Waals surface area contributed by atoms with Crippen molar-refractivity contribution in [3.8, 4) is 0 Å². The molecule has 1 N–H and O–H groups in total. The van der Waals surface area contributed by atoms with Crippen LogP contribution in [0.3, 0.4) is 0 Å². The maximum atomic E-state index is 11.7. The molecule has 0 unspecified atom stereocenters. The summed E-state index contributed by atoms with van der Waals surface area (Å²) in [4.78, 5) is 22.4. The molecule has 1 aromatic carbocycles. The van der Waals surface area contributed by atoms with Gasteiger partial charge in [-0.3, -0.25) is 9.59 Å². The molecule has 0 aliphatic carbocycles. The number of aryl methyl sites for hydroxylation is 1. The Balaban J connectivity index is 2.81. The zero-order chi connectivity index (χ0) is 11.7. The van der Waals surface area contributed by atoms with Gasteiger partial charge in [-0.15, -0.1) is 0 Å². The SMILES string of the molecule is Cc1cc(=O)c2ccccc2n1CC(=O)O. The van der Waals surface area contributed by atoms with Crippen molar-refractivity contribution in [2.75, 3.05) is 0 Å². The van der Waals surface area contributed by atoms with Gasteiger partial charge in [-0.1, -0.05) is 12.1 Å². The van der Waals surface area contributed by atoms with E-state index in [1.165, 1.54) is 6.07 Å². The van der Waals surface area contributed by atoms with E-state index in [9.17, 15) is 9.59 Å². The van der Waals surface area contributed by atoms with Gasteiger partial charge < -0.3 is 9.67 Å². The number of carboxylic acid groups (broad SMARTS) is 1. The van der Waals surface area contributed by atoms with E-state index in [4.69, 9.17) is 5.11 Å². The average Bonchev–Trinajstić information content (AvgIpc) is 2.24. The molecule has 0 saturated carbocycles. The van der Waals surface area contributed by atoms with Crippen LogP contribution in [-0.2, 0) is 11.3 Å². The fourth-order valence-corrected chi connectivity index (χ4v) is 1.80. The summed E-state index contributed by atoms with van der Waals surface area (Å²) in [5.41, 5.74) is 1.25. The first-order valence-corrected chi connectivity index (χ1v) is 4.90. The van der Waals surface area contributed by atoms with Gasteiger partial charge in [0.05, 0.1) is 5.52 Å². The minimum Gasteiger partial charge on any atom is -0.480 e. The molecule has 16 heavy (non-hydrogen) atoms. The highest BCUT2D eigenvalue weighted by Crippen LogP contribution is 2.12. The Morgan fingerprint density at radius 2 is 2.06 bits per heavy atom. The third kappa shape index (κ3) is 1.69. The molecule has 82 valence electrons. The molecule has 2 aromatic rings. The van der Waals surface area contributed by atoms with Gasteiger partial charge in [-0.2, -0.15) is 0 Å². The third-order valence-corrected chi connectivity index (χ3v) is 2.52. The molecule has 0 aliphatic rings. The Morgan fingerprint density at radius 1 is 1.38 bits per heavy atom. The second-order valence-corrected chi connectivity index (χ2v) is 3.65. The molecular weight excluding hydrogens is 206 g/mol. The van der Waals surface area contributed by atoms with E-state index in [0.29, 0.717) is 16.6 Å². The minimum absolute atomic E-state index is 0.0743. The molecule has 0 amide bonds. The number of carboxylic acids is 1. The fraction of sp³-hybridized carbons (Fsp3) is 0.167. The number of para-hydroxylation sites is 1. The second kappa shape index (κ2) is 3.81. The molecule has 4 nitrogen and oxygen atoms in total. The second-order valence-electron chi connectivity index (χ2n) is 3.65. The number of pyridine rings is 1. The number of benzene rings is 1. The van der Waals surface area contributed by atoms with Crippen molar-refractivity contribution in [3.05, 3.63) is 46.2 Å². The summed E-state index contributed by atoms with van der Waals surface area (Å²) in [5, 5.41) is 9.37. The summed E-state index contributed by atoms with van der Waals surface area (Å²) in [6.07, 6.45) is 0. The van der Waals surface area contributed by atoms with Gasteiger partial charge >= 0.3 is 5.97 Å². The number of hydrogen-bond donors (Lipinski definition) is 1. The Hall–Kier alpha value is -2.10. The van der Waals surface area contributed by atoms with Crippen LogP contribution in [0.2, 0.25) is 0 Å². The number of carbonyl (C=O) groups is 1. The third-order valence-electron chi connectivity index (χ3n) is 2.52. The monoisotopic (exact) mass is 217 g/mol. The molecule has 0 atom stereocenters. The van der Waals surface area contributed by atoms with E-state index < -0.39 is 5.97 Å². The highest BCUT2D eigenvalue weighted by Gasteiger charge is 2.08. The first kappa shape index (κ1) is 10.4. The first-order chi connectivity index (χ1) is 7.59. The fourth-order valence-electron chi connectivity index (χ4n) is 1.80. The first-order valence-electron chi connectivity index (χ1n) is 4.90. The summed E-state index contributed by atoms with van der Waals surface area (Å²) in [5.74, 6) is -0.920. The molecule has 0 fully saturated rings. The van der Waals surface area contributed by atoms with Crippen LogP contribution < -0.4 is 5.43 Å². The van der Waals surface area contributed by atoms with Crippen LogP contribution in [0.25, 0.3) is 10.9 Å². The van der Waals surface area contributed by atoms with Gasteiger partial charge in [0.25, 0.3) is 0 Å². The number of nitrogens with zero attached hydrogens (tertiary/aromatic N) is 1. The zero-order valence-corrected chi connectivity index (χ0v) is 8.80. The van der Waals surface area contributed by atoms with Crippen LogP contribution in [0.1, 0.15) is 5.69 Å². The van der Waals surface area contributed by atoms with Crippen LogP contribution in [0.15, 0.2) is 35.1 Å². The Labute approximate surface area is 91.8 Å². The van der Waals surface area contributed by atoms with Crippen molar-refractivity contribution in [2.45, 2.75) is 13.5 Å². The molecule has 0 saturated heterocycles. The summed E-state index contributed by atoms with van der Waals surface area (Å²) in [7, 11) is 0. The van der Waals surface area contributed by atoms with Crippen molar-refractivity contribution in [1.82, 2.24) is 4.57 Å². The van der Waals surface area contributed by atoms with Gasteiger partial charge in [0.15, 0.2) is 5.43 Å². The predicted octanol–water partition coefficient (Wildman–Crippen LogP) is 1.39. The molecule has 4 heteroatoms. The number of hydrogen-bond acceptors (Lipinski definition) is 2. The minimum atomic E-state index is -0.920. The molecule has 1 heterocycles. The zero-order valence-electron chi connectivity index (χ0n) is 8.80. The van der Waals surface area contributed by atoms with E-state index in [-0.39, 0.29) is 12.0 Å². The summed E-state index contributed by atoms with van der Waals surface area (Å²) < 4.78 is 1.62. The largest absolute Gasteiger partial charge is 0.480 e. The number of fused-ring (bicyclic) bond motifs is 1. The number of rotatable bonds is 2. The van der Waals surface area contributed by atoms with E-state index in [1.807, 2.05) is 0 Å². The van der Waals surface area contributed by atoms with Crippen molar-refractivity contribution in [1.29, 1.82) is 0 Å². The van der Waals surface area contributed by atoms with Crippen LogP contribution in [0, 0.1) is 6.92 Å². The van der Waals surface area contributed by atoms with Crippen molar-refractivity contribution >= 4 is 16.9 Å². The molecule has 0 bridgehead atoms. The predicted molar refractivity (Wildman–Crippen MR) is 60.6 cm³/mol. The highest BCUT2D eigenvalue weighted by molar-refractivity contribution is 5.80. The van der Waals surface area contributed by atoms with Gasteiger partial charge in [0, 0.05) is 17.1 Å². The molecule has 0 radical (unpaired) electrons. The lowest BCUT2D eigenvalue weighted by Gasteiger charge is -2.11. The van der Waals surface area contributed by atoms with Crippen LogP contribution >= 0.6 is 0 Å². The summed E-state index contributed by atoms with van der Waals surface area (Å²) in [6, 6.07) is 8.48. The van der Waals surface area contributed by atoms with E-state index in [2.05, 4.69) is 0 Å². The average molecular weight is 217 g/mol. The van der Waals surface area contributed by atoms with Gasteiger partial charge in [0.2, 0.25) is 0 Å². The summed E-state index contributed by atoms with van der Waals surface area (Å²) in [6.45, 7) is 1.60. The lowest BCUT2D eigenvalue weighted by atomic mass is 10.2. The standard InChI is InChI=1S/C12H11NO3/c1-8-6-11(14)9-4-2-3-5-10(9)13(8)7-12(15)16/h2-6H,7H2,1H3,(H,15,16). The molecular formula is C12H11NO3. The number of aromatic nitrogens is 1. The maximum absolute atomic E-state index is 11.7. The normalized spacial score (nSPS) is 10.6. The molecule has 0 spiro atoms. The van der Waals surface area contributed by atoms with Crippen LogP contribution in [0.5, 0.6) is 0 Å². The molecule has 0 aliphatic heterocycles. The lowest BCUT2D eigenvalue weighted by molar-refractivity contribution is -0.137. The van der Waals surface area contributed by atoms with Crippen molar-refractivity contribution in [3.63, 3.8) is 0 Å².